The molecule has 0 aliphatic heterocycles. The van der Waals surface area contributed by atoms with E-state index < -0.39 is 5.41 Å². The molecule has 1 fully saturated rings. The van der Waals surface area contributed by atoms with Crippen molar-refractivity contribution in [1.82, 2.24) is 0 Å². The number of ether oxygens (including phenoxy) is 2. The topological polar surface area (TPSA) is 35.5 Å². The van der Waals surface area contributed by atoms with Gasteiger partial charge in [0.05, 0.1) is 12.0 Å². The number of rotatable bonds is 8. The number of hydrogen-bond donors (Lipinski definition) is 0. The Kier molecular flexibility index (Phi) is 7.59. The Hall–Kier alpha value is -1.51. The first-order valence-electron chi connectivity index (χ1n) is 10.9. The SMILES string of the molecule is Cc1cc(C)cc(OCCCCC(C)(C)C(=O)OC2CC(C)CC(C)(C)C2)c1. The molecule has 0 bridgehead atoms. The van der Waals surface area contributed by atoms with Gasteiger partial charge in [-0.05, 0) is 101 Å². The number of aryl methyl sites for hydroxylation is 2. The van der Waals surface area contributed by atoms with Crippen LogP contribution in [0.4, 0.5) is 0 Å². The van der Waals surface area contributed by atoms with Crippen LogP contribution in [0.1, 0.15) is 84.3 Å². The minimum atomic E-state index is -0.440. The van der Waals surface area contributed by atoms with E-state index in [1.807, 2.05) is 13.8 Å². The number of carbonyl (C=O) groups excluding carboxylic acids is 1. The Balaban J connectivity index is 1.74. The van der Waals surface area contributed by atoms with Gasteiger partial charge in [0, 0.05) is 0 Å². The number of benzene rings is 1. The van der Waals surface area contributed by atoms with Gasteiger partial charge < -0.3 is 9.47 Å². The highest BCUT2D eigenvalue weighted by molar-refractivity contribution is 5.76. The van der Waals surface area contributed by atoms with Crippen LogP contribution in [0, 0.1) is 30.6 Å². The third-order valence-electron chi connectivity index (χ3n) is 5.83. The molecule has 158 valence electrons. The fourth-order valence-electron chi connectivity index (χ4n) is 4.64. The molecule has 0 N–H and O–H groups in total. The van der Waals surface area contributed by atoms with E-state index in [1.54, 1.807) is 0 Å². The number of hydrogen-bond acceptors (Lipinski definition) is 3. The largest absolute Gasteiger partial charge is 0.494 e. The fourth-order valence-corrected chi connectivity index (χ4v) is 4.64. The Labute approximate surface area is 172 Å². The van der Waals surface area contributed by atoms with Crippen molar-refractivity contribution in [2.45, 2.75) is 93.1 Å². The van der Waals surface area contributed by atoms with Crippen LogP contribution in [0.3, 0.4) is 0 Å². The second kappa shape index (κ2) is 9.33. The average molecular weight is 389 g/mol. The summed E-state index contributed by atoms with van der Waals surface area (Å²) in [5.74, 6) is 1.51. The van der Waals surface area contributed by atoms with Crippen LogP contribution in [0.15, 0.2) is 18.2 Å². The zero-order valence-corrected chi connectivity index (χ0v) is 19.1. The highest BCUT2D eigenvalue weighted by Crippen LogP contribution is 2.40. The van der Waals surface area contributed by atoms with Gasteiger partial charge in [0.15, 0.2) is 0 Å². The lowest BCUT2D eigenvalue weighted by molar-refractivity contribution is -0.164. The van der Waals surface area contributed by atoms with Gasteiger partial charge in [-0.2, -0.15) is 0 Å². The smallest absolute Gasteiger partial charge is 0.311 e. The van der Waals surface area contributed by atoms with Crippen molar-refractivity contribution < 1.29 is 14.3 Å². The first kappa shape index (κ1) is 22.8. The standard InChI is InChI=1S/C25H40O3/c1-18-12-19(2)14-21(13-18)27-11-9-8-10-25(6,7)23(26)28-22-15-20(3)16-24(4,5)17-22/h12-14,20,22H,8-11,15-17H2,1-7H3. The third kappa shape index (κ3) is 7.14. The molecular weight excluding hydrogens is 348 g/mol. The third-order valence-corrected chi connectivity index (χ3v) is 5.83. The normalized spacial score (nSPS) is 22.0. The van der Waals surface area contributed by atoms with Crippen LogP contribution in [0.5, 0.6) is 5.75 Å². The van der Waals surface area contributed by atoms with Crippen molar-refractivity contribution in [3.8, 4) is 5.75 Å². The molecule has 0 spiro atoms. The van der Waals surface area contributed by atoms with Crippen molar-refractivity contribution in [2.24, 2.45) is 16.7 Å². The minimum Gasteiger partial charge on any atom is -0.494 e. The molecule has 0 aromatic heterocycles. The van der Waals surface area contributed by atoms with Gasteiger partial charge in [-0.3, -0.25) is 4.79 Å². The summed E-state index contributed by atoms with van der Waals surface area (Å²) in [5.41, 5.74) is 2.27. The molecule has 3 heteroatoms. The molecular formula is C25H40O3. The van der Waals surface area contributed by atoms with Crippen molar-refractivity contribution in [1.29, 1.82) is 0 Å². The zero-order valence-electron chi connectivity index (χ0n) is 19.1. The highest BCUT2D eigenvalue weighted by Gasteiger charge is 2.37. The minimum absolute atomic E-state index is 0.0439. The molecule has 1 aromatic carbocycles. The molecule has 0 amide bonds. The Morgan fingerprint density at radius 2 is 1.75 bits per heavy atom. The van der Waals surface area contributed by atoms with Gasteiger partial charge in [-0.25, -0.2) is 0 Å². The number of unbranched alkanes of at least 4 members (excludes halogenated alkanes) is 1. The molecule has 1 aliphatic carbocycles. The van der Waals surface area contributed by atoms with Crippen molar-refractivity contribution >= 4 is 5.97 Å². The van der Waals surface area contributed by atoms with Gasteiger partial charge in [-0.15, -0.1) is 0 Å². The first-order valence-corrected chi connectivity index (χ1v) is 10.9. The van der Waals surface area contributed by atoms with Crippen molar-refractivity contribution in [2.75, 3.05) is 6.61 Å². The van der Waals surface area contributed by atoms with E-state index in [0.29, 0.717) is 12.5 Å². The maximum atomic E-state index is 12.8. The van der Waals surface area contributed by atoms with E-state index in [-0.39, 0.29) is 17.5 Å². The summed E-state index contributed by atoms with van der Waals surface area (Å²) in [7, 11) is 0. The summed E-state index contributed by atoms with van der Waals surface area (Å²) in [6.45, 7) is 15.7. The van der Waals surface area contributed by atoms with E-state index >= 15 is 0 Å². The van der Waals surface area contributed by atoms with Gasteiger partial charge in [-0.1, -0.05) is 26.8 Å². The van der Waals surface area contributed by atoms with Gasteiger partial charge >= 0.3 is 5.97 Å². The molecule has 0 saturated heterocycles. The molecule has 2 rings (SSSR count). The first-order chi connectivity index (χ1) is 13.0. The van der Waals surface area contributed by atoms with E-state index in [1.165, 1.54) is 17.5 Å². The maximum Gasteiger partial charge on any atom is 0.311 e. The lowest BCUT2D eigenvalue weighted by Crippen LogP contribution is -2.37. The Morgan fingerprint density at radius 1 is 1.11 bits per heavy atom. The summed E-state index contributed by atoms with van der Waals surface area (Å²) in [5, 5.41) is 0. The van der Waals surface area contributed by atoms with E-state index in [4.69, 9.17) is 9.47 Å². The van der Waals surface area contributed by atoms with Crippen molar-refractivity contribution in [3.63, 3.8) is 0 Å². The second-order valence-corrected chi connectivity index (χ2v) is 10.5. The van der Waals surface area contributed by atoms with Crippen LogP contribution in [-0.4, -0.2) is 18.7 Å². The van der Waals surface area contributed by atoms with Crippen LogP contribution in [0.25, 0.3) is 0 Å². The van der Waals surface area contributed by atoms with Crippen LogP contribution < -0.4 is 4.74 Å². The molecule has 0 radical (unpaired) electrons. The quantitative estimate of drug-likeness (QED) is 0.370. The summed E-state index contributed by atoms with van der Waals surface area (Å²) < 4.78 is 11.8. The van der Waals surface area contributed by atoms with E-state index in [2.05, 4.69) is 52.8 Å². The lowest BCUT2D eigenvalue weighted by Gasteiger charge is -2.39. The second-order valence-electron chi connectivity index (χ2n) is 10.5. The van der Waals surface area contributed by atoms with E-state index in [0.717, 1.165) is 37.9 Å². The Bertz CT molecular complexity index is 640. The van der Waals surface area contributed by atoms with Crippen LogP contribution in [0.2, 0.25) is 0 Å². The fraction of sp³-hybridized carbons (Fsp3) is 0.720. The monoisotopic (exact) mass is 388 g/mol. The van der Waals surface area contributed by atoms with Gasteiger partial charge in [0.25, 0.3) is 0 Å². The molecule has 28 heavy (non-hydrogen) atoms. The zero-order chi connectivity index (χ0) is 20.9. The summed E-state index contributed by atoms with van der Waals surface area (Å²) in [6.07, 6.45) is 5.98. The predicted molar refractivity (Wildman–Crippen MR) is 116 cm³/mol. The van der Waals surface area contributed by atoms with Gasteiger partial charge in [0.2, 0.25) is 0 Å². The van der Waals surface area contributed by atoms with Crippen LogP contribution in [-0.2, 0) is 9.53 Å². The predicted octanol–water partition coefficient (Wildman–Crippen LogP) is 6.64. The summed E-state index contributed by atoms with van der Waals surface area (Å²) in [4.78, 5) is 12.8. The average Bonchev–Trinajstić information content (AvgIpc) is 2.51. The lowest BCUT2D eigenvalue weighted by atomic mass is 9.71. The highest BCUT2D eigenvalue weighted by atomic mass is 16.5. The number of carbonyl (C=O) groups is 1. The molecule has 3 nitrogen and oxygen atoms in total. The van der Waals surface area contributed by atoms with E-state index in [9.17, 15) is 4.79 Å². The van der Waals surface area contributed by atoms with Crippen LogP contribution >= 0.6 is 0 Å². The molecule has 1 saturated carbocycles. The Morgan fingerprint density at radius 3 is 2.36 bits per heavy atom. The molecule has 1 aliphatic rings. The van der Waals surface area contributed by atoms with Crippen molar-refractivity contribution in [3.05, 3.63) is 29.3 Å². The summed E-state index contributed by atoms with van der Waals surface area (Å²) >= 11 is 0. The summed E-state index contributed by atoms with van der Waals surface area (Å²) in [6, 6.07) is 6.29. The molecule has 2 atom stereocenters. The maximum absolute atomic E-state index is 12.8. The number of esters is 1. The molecule has 0 heterocycles. The van der Waals surface area contributed by atoms with Gasteiger partial charge in [0.1, 0.15) is 11.9 Å². The molecule has 2 unspecified atom stereocenters. The molecule has 1 aromatic rings.